The maximum atomic E-state index is 11.5. The van der Waals surface area contributed by atoms with Gasteiger partial charge in [0, 0.05) is 18.3 Å². The smallest absolute Gasteiger partial charge is 0.280 e. The first kappa shape index (κ1) is 14.7. The fourth-order valence-electron chi connectivity index (χ4n) is 1.84. The van der Waals surface area contributed by atoms with E-state index in [-0.39, 0.29) is 17.0 Å². The molecule has 0 fully saturated rings. The van der Waals surface area contributed by atoms with Crippen molar-refractivity contribution in [3.8, 4) is 12.3 Å². The Hall–Kier alpha value is -2.35. The summed E-state index contributed by atoms with van der Waals surface area (Å²) in [6.07, 6.45) is 6.20. The van der Waals surface area contributed by atoms with Crippen LogP contribution < -0.4 is 4.90 Å². The maximum absolute atomic E-state index is 11.5. The lowest BCUT2D eigenvalue weighted by atomic mass is 10.1. The first-order valence-corrected chi connectivity index (χ1v) is 5.99. The lowest BCUT2D eigenvalue weighted by Gasteiger charge is -2.22. The molecule has 0 aliphatic rings. The Balaban J connectivity index is 3.23. The summed E-state index contributed by atoms with van der Waals surface area (Å²) in [7, 11) is 0. The lowest BCUT2D eigenvalue weighted by molar-refractivity contribution is -0.385. The molecule has 0 bridgehead atoms. The van der Waals surface area contributed by atoms with Crippen LogP contribution in [0.2, 0.25) is 0 Å². The van der Waals surface area contributed by atoms with Crippen LogP contribution >= 0.6 is 0 Å². The van der Waals surface area contributed by atoms with Gasteiger partial charge in [0.1, 0.15) is 0 Å². The van der Waals surface area contributed by atoms with Gasteiger partial charge < -0.3 is 4.90 Å². The third kappa shape index (κ3) is 3.55. The van der Waals surface area contributed by atoms with E-state index in [4.69, 9.17) is 6.42 Å². The van der Waals surface area contributed by atoms with E-state index in [1.807, 2.05) is 11.8 Å². The predicted molar refractivity (Wildman–Crippen MR) is 74.4 cm³/mol. The number of benzene rings is 1. The Morgan fingerprint density at radius 3 is 2.68 bits per heavy atom. The van der Waals surface area contributed by atoms with Gasteiger partial charge >= 0.3 is 0 Å². The van der Waals surface area contributed by atoms with Gasteiger partial charge in [-0.05, 0) is 25.5 Å². The summed E-state index contributed by atoms with van der Waals surface area (Å²) < 4.78 is 0. The molecule has 100 valence electrons. The van der Waals surface area contributed by atoms with Gasteiger partial charge in [0.25, 0.3) is 5.69 Å². The van der Waals surface area contributed by atoms with E-state index in [9.17, 15) is 14.9 Å². The monoisotopic (exact) mass is 260 g/mol. The second kappa shape index (κ2) is 6.55. The largest absolute Gasteiger partial charge is 0.360 e. The summed E-state index contributed by atoms with van der Waals surface area (Å²) in [4.78, 5) is 23.7. The maximum Gasteiger partial charge on any atom is 0.280 e. The standard InChI is InChI=1S/C14H16N2O3/c1-4-8-15(9-5-2)12-6-7-14(16(18)19)13(10-12)11(3)17/h1,6-7,10H,5,8-9H2,2-3H3. The minimum atomic E-state index is -0.550. The summed E-state index contributed by atoms with van der Waals surface area (Å²) in [6.45, 7) is 4.47. The first-order chi connectivity index (χ1) is 9.01. The Labute approximate surface area is 112 Å². The average molecular weight is 260 g/mol. The molecule has 0 saturated heterocycles. The zero-order chi connectivity index (χ0) is 14.4. The van der Waals surface area contributed by atoms with E-state index in [2.05, 4.69) is 5.92 Å². The third-order valence-electron chi connectivity index (χ3n) is 2.70. The van der Waals surface area contributed by atoms with Crippen LogP contribution in [0.5, 0.6) is 0 Å². The normalized spacial score (nSPS) is 9.74. The van der Waals surface area contributed by atoms with E-state index in [0.717, 1.165) is 18.7 Å². The topological polar surface area (TPSA) is 63.4 Å². The van der Waals surface area contributed by atoms with E-state index >= 15 is 0 Å². The third-order valence-corrected chi connectivity index (χ3v) is 2.70. The lowest BCUT2D eigenvalue weighted by Crippen LogP contribution is -2.24. The van der Waals surface area contributed by atoms with Crippen molar-refractivity contribution in [2.45, 2.75) is 20.3 Å². The average Bonchev–Trinajstić information content (AvgIpc) is 2.37. The zero-order valence-electron chi connectivity index (χ0n) is 11.0. The van der Waals surface area contributed by atoms with Crippen LogP contribution in [0.15, 0.2) is 18.2 Å². The van der Waals surface area contributed by atoms with Crippen LogP contribution in [0.1, 0.15) is 30.6 Å². The molecule has 1 rings (SSSR count). The fraction of sp³-hybridized carbons (Fsp3) is 0.357. The molecule has 0 saturated carbocycles. The number of ketones is 1. The molecule has 0 aliphatic carbocycles. The highest BCUT2D eigenvalue weighted by molar-refractivity contribution is 5.99. The summed E-state index contributed by atoms with van der Waals surface area (Å²) in [5.41, 5.74) is 0.671. The number of rotatable bonds is 6. The van der Waals surface area contributed by atoms with Gasteiger partial charge in [0.15, 0.2) is 5.78 Å². The summed E-state index contributed by atoms with van der Waals surface area (Å²) in [5, 5.41) is 10.9. The quantitative estimate of drug-likeness (QED) is 0.341. The molecular weight excluding hydrogens is 244 g/mol. The van der Waals surface area contributed by atoms with E-state index in [0.29, 0.717) is 6.54 Å². The number of anilines is 1. The number of carbonyl (C=O) groups excluding carboxylic acids is 1. The van der Waals surface area contributed by atoms with Crippen molar-refractivity contribution < 1.29 is 9.72 Å². The van der Waals surface area contributed by atoms with Crippen LogP contribution in [-0.2, 0) is 0 Å². The second-order valence-electron chi connectivity index (χ2n) is 4.14. The van der Waals surface area contributed by atoms with Gasteiger partial charge in [0.2, 0.25) is 0 Å². The number of terminal acetylenes is 1. The minimum Gasteiger partial charge on any atom is -0.360 e. The number of nitro benzene ring substituents is 1. The van der Waals surface area contributed by atoms with Crippen molar-refractivity contribution in [3.63, 3.8) is 0 Å². The van der Waals surface area contributed by atoms with Crippen molar-refractivity contribution in [2.24, 2.45) is 0 Å². The first-order valence-electron chi connectivity index (χ1n) is 5.99. The molecule has 0 radical (unpaired) electrons. The molecule has 0 spiro atoms. The highest BCUT2D eigenvalue weighted by Gasteiger charge is 2.19. The van der Waals surface area contributed by atoms with Crippen molar-refractivity contribution >= 4 is 17.2 Å². The Morgan fingerprint density at radius 1 is 1.53 bits per heavy atom. The predicted octanol–water partition coefficient (Wildman–Crippen LogP) is 2.65. The van der Waals surface area contributed by atoms with Gasteiger partial charge in [-0.25, -0.2) is 0 Å². The van der Waals surface area contributed by atoms with Crippen LogP contribution in [-0.4, -0.2) is 23.8 Å². The molecule has 0 heterocycles. The van der Waals surface area contributed by atoms with E-state index in [1.165, 1.54) is 19.1 Å². The number of nitrogens with zero attached hydrogens (tertiary/aromatic N) is 2. The van der Waals surface area contributed by atoms with Gasteiger partial charge in [-0.15, -0.1) is 6.42 Å². The molecular formula is C14H16N2O3. The number of hydrogen-bond donors (Lipinski definition) is 0. The number of Topliss-reactive ketones (excluding diaryl/α,β-unsaturated/α-hetero) is 1. The summed E-state index contributed by atoms with van der Waals surface area (Å²) >= 11 is 0. The fourth-order valence-corrected chi connectivity index (χ4v) is 1.84. The summed E-state index contributed by atoms with van der Waals surface area (Å²) in [6, 6.07) is 4.51. The Morgan fingerprint density at radius 2 is 2.21 bits per heavy atom. The molecule has 1 aromatic rings. The van der Waals surface area contributed by atoms with Crippen molar-refractivity contribution in [2.75, 3.05) is 18.0 Å². The van der Waals surface area contributed by atoms with E-state index < -0.39 is 4.92 Å². The van der Waals surface area contributed by atoms with Crippen LogP contribution in [0.3, 0.4) is 0 Å². The van der Waals surface area contributed by atoms with Crippen LogP contribution in [0.25, 0.3) is 0 Å². The Kier molecular flexibility index (Phi) is 5.07. The molecule has 5 heteroatoms. The van der Waals surface area contributed by atoms with Crippen molar-refractivity contribution in [3.05, 3.63) is 33.9 Å². The van der Waals surface area contributed by atoms with Crippen LogP contribution in [0, 0.1) is 22.5 Å². The number of nitro groups is 1. The summed E-state index contributed by atoms with van der Waals surface area (Å²) in [5.74, 6) is 2.22. The molecule has 0 aromatic heterocycles. The SMILES string of the molecule is C#CCN(CCC)c1ccc([N+](=O)[O-])c(C(C)=O)c1. The molecule has 1 aromatic carbocycles. The Bertz CT molecular complexity index is 532. The van der Waals surface area contributed by atoms with Gasteiger partial charge in [-0.2, -0.15) is 0 Å². The number of hydrogen-bond acceptors (Lipinski definition) is 4. The van der Waals surface area contributed by atoms with Crippen LogP contribution in [0.4, 0.5) is 11.4 Å². The van der Waals surface area contributed by atoms with E-state index in [1.54, 1.807) is 6.07 Å². The molecule has 0 aliphatic heterocycles. The van der Waals surface area contributed by atoms with Crippen molar-refractivity contribution in [1.82, 2.24) is 0 Å². The highest BCUT2D eigenvalue weighted by Crippen LogP contribution is 2.25. The molecule has 0 amide bonds. The molecule has 0 N–H and O–H groups in total. The minimum absolute atomic E-state index is 0.112. The molecule has 0 atom stereocenters. The molecule has 5 nitrogen and oxygen atoms in total. The molecule has 19 heavy (non-hydrogen) atoms. The molecule has 0 unspecified atom stereocenters. The van der Waals surface area contributed by atoms with Crippen molar-refractivity contribution in [1.29, 1.82) is 0 Å². The van der Waals surface area contributed by atoms with Gasteiger partial charge in [-0.3, -0.25) is 14.9 Å². The number of carbonyl (C=O) groups is 1. The highest BCUT2D eigenvalue weighted by atomic mass is 16.6. The van der Waals surface area contributed by atoms with Gasteiger partial charge in [0.05, 0.1) is 17.0 Å². The zero-order valence-corrected chi connectivity index (χ0v) is 11.0. The second-order valence-corrected chi connectivity index (χ2v) is 4.14. The van der Waals surface area contributed by atoms with Gasteiger partial charge in [-0.1, -0.05) is 12.8 Å².